The number of aromatic nitrogens is 3. The van der Waals surface area contributed by atoms with Crippen molar-refractivity contribution < 1.29 is 4.79 Å². The molecule has 0 spiro atoms. The summed E-state index contributed by atoms with van der Waals surface area (Å²) < 4.78 is 0.728. The SMILES string of the molecule is Cc1[nH]ncc1CCCNC(=O)c1cc(Br)cnc1N. The smallest absolute Gasteiger partial charge is 0.255 e. The van der Waals surface area contributed by atoms with Gasteiger partial charge in [-0.1, -0.05) is 0 Å². The van der Waals surface area contributed by atoms with Gasteiger partial charge < -0.3 is 11.1 Å². The first kappa shape index (κ1) is 14.5. The van der Waals surface area contributed by atoms with Crippen LogP contribution in [0.15, 0.2) is 22.9 Å². The second-order valence-corrected chi connectivity index (χ2v) is 5.38. The molecule has 106 valence electrons. The molecule has 0 radical (unpaired) electrons. The van der Waals surface area contributed by atoms with Crippen LogP contribution < -0.4 is 11.1 Å². The zero-order chi connectivity index (χ0) is 14.5. The highest BCUT2D eigenvalue weighted by molar-refractivity contribution is 9.10. The third-order valence-electron chi connectivity index (χ3n) is 2.97. The van der Waals surface area contributed by atoms with Crippen molar-refractivity contribution in [1.82, 2.24) is 20.5 Å². The highest BCUT2D eigenvalue weighted by Crippen LogP contribution is 2.15. The molecule has 0 saturated carbocycles. The topological polar surface area (TPSA) is 96.7 Å². The van der Waals surface area contributed by atoms with Crippen molar-refractivity contribution in [3.63, 3.8) is 0 Å². The van der Waals surface area contributed by atoms with Crippen LogP contribution in [-0.4, -0.2) is 27.6 Å². The van der Waals surface area contributed by atoms with Crippen LogP contribution in [0.1, 0.15) is 28.0 Å². The summed E-state index contributed by atoms with van der Waals surface area (Å²) in [6.45, 7) is 2.56. The summed E-state index contributed by atoms with van der Waals surface area (Å²) in [6, 6.07) is 1.66. The first-order valence-electron chi connectivity index (χ1n) is 6.26. The molecule has 0 aromatic carbocycles. The Kier molecular flexibility index (Phi) is 4.73. The summed E-state index contributed by atoms with van der Waals surface area (Å²) in [5, 5.41) is 9.69. The van der Waals surface area contributed by atoms with Crippen LogP contribution in [0.2, 0.25) is 0 Å². The fourth-order valence-corrected chi connectivity index (χ4v) is 2.17. The number of nitrogens with two attached hydrogens (primary N) is 1. The minimum absolute atomic E-state index is 0.208. The van der Waals surface area contributed by atoms with E-state index in [-0.39, 0.29) is 11.7 Å². The van der Waals surface area contributed by atoms with Gasteiger partial charge >= 0.3 is 0 Å². The molecule has 4 N–H and O–H groups in total. The third-order valence-corrected chi connectivity index (χ3v) is 3.41. The number of nitrogens with one attached hydrogen (secondary N) is 2. The van der Waals surface area contributed by atoms with E-state index < -0.39 is 0 Å². The van der Waals surface area contributed by atoms with E-state index >= 15 is 0 Å². The Labute approximate surface area is 125 Å². The maximum absolute atomic E-state index is 12.0. The third kappa shape index (κ3) is 3.57. The molecule has 0 bridgehead atoms. The summed E-state index contributed by atoms with van der Waals surface area (Å²) in [4.78, 5) is 15.9. The van der Waals surface area contributed by atoms with Gasteiger partial charge in [0.15, 0.2) is 0 Å². The first-order chi connectivity index (χ1) is 9.58. The molecule has 6 nitrogen and oxygen atoms in total. The zero-order valence-corrected chi connectivity index (χ0v) is 12.7. The first-order valence-corrected chi connectivity index (χ1v) is 7.05. The lowest BCUT2D eigenvalue weighted by Crippen LogP contribution is -2.26. The molecule has 7 heteroatoms. The van der Waals surface area contributed by atoms with E-state index in [1.54, 1.807) is 12.3 Å². The average Bonchev–Trinajstić information content (AvgIpc) is 2.83. The van der Waals surface area contributed by atoms with Crippen LogP contribution in [0.25, 0.3) is 0 Å². The lowest BCUT2D eigenvalue weighted by Gasteiger charge is -2.07. The fraction of sp³-hybridized carbons (Fsp3) is 0.308. The summed E-state index contributed by atoms with van der Waals surface area (Å²) in [6.07, 6.45) is 5.09. The van der Waals surface area contributed by atoms with Gasteiger partial charge in [0.2, 0.25) is 0 Å². The van der Waals surface area contributed by atoms with Gasteiger partial charge in [0.1, 0.15) is 5.82 Å². The van der Waals surface area contributed by atoms with Crippen molar-refractivity contribution >= 4 is 27.7 Å². The molecule has 0 unspecified atom stereocenters. The monoisotopic (exact) mass is 337 g/mol. The van der Waals surface area contributed by atoms with Crippen LogP contribution in [0, 0.1) is 6.92 Å². The molecular weight excluding hydrogens is 322 g/mol. The molecule has 2 rings (SSSR count). The van der Waals surface area contributed by atoms with Crippen LogP contribution in [0.4, 0.5) is 5.82 Å². The van der Waals surface area contributed by atoms with Gasteiger partial charge in [0.05, 0.1) is 11.8 Å². The standard InChI is InChI=1S/C13H16BrN5O/c1-8-9(6-18-19-8)3-2-4-16-13(20)11-5-10(14)7-17-12(11)15/h5-7H,2-4H2,1H3,(H2,15,17)(H,16,20)(H,18,19). The predicted octanol–water partition coefficient (Wildman–Crippen LogP) is 1.82. The quantitative estimate of drug-likeness (QED) is 0.725. The number of rotatable bonds is 5. The molecule has 0 atom stereocenters. The average molecular weight is 338 g/mol. The fourth-order valence-electron chi connectivity index (χ4n) is 1.84. The minimum atomic E-state index is -0.208. The molecule has 0 aliphatic rings. The molecule has 0 fully saturated rings. The predicted molar refractivity (Wildman–Crippen MR) is 80.3 cm³/mol. The molecule has 2 aromatic heterocycles. The summed E-state index contributed by atoms with van der Waals surface area (Å²) >= 11 is 3.27. The Morgan fingerprint density at radius 2 is 2.30 bits per heavy atom. The van der Waals surface area contributed by atoms with Crippen molar-refractivity contribution in [2.75, 3.05) is 12.3 Å². The number of pyridine rings is 1. The lowest BCUT2D eigenvalue weighted by atomic mass is 10.1. The lowest BCUT2D eigenvalue weighted by molar-refractivity contribution is 0.0954. The van der Waals surface area contributed by atoms with Crippen LogP contribution >= 0.6 is 15.9 Å². The van der Waals surface area contributed by atoms with Gasteiger partial charge in [-0.2, -0.15) is 5.10 Å². The molecule has 2 heterocycles. The van der Waals surface area contributed by atoms with Crippen LogP contribution in [0.3, 0.4) is 0 Å². The number of nitrogen functional groups attached to an aromatic ring is 1. The second kappa shape index (κ2) is 6.51. The number of halogens is 1. The molecule has 0 aliphatic carbocycles. The van der Waals surface area contributed by atoms with E-state index in [2.05, 4.69) is 36.4 Å². The Hall–Kier alpha value is -1.89. The van der Waals surface area contributed by atoms with Crippen molar-refractivity contribution in [2.45, 2.75) is 19.8 Å². The number of carbonyl (C=O) groups is 1. The largest absolute Gasteiger partial charge is 0.383 e. The Morgan fingerprint density at radius 1 is 1.50 bits per heavy atom. The number of H-pyrrole nitrogens is 1. The van der Waals surface area contributed by atoms with Gasteiger partial charge in [-0.05, 0) is 47.3 Å². The summed E-state index contributed by atoms with van der Waals surface area (Å²) in [5.41, 5.74) is 8.31. The highest BCUT2D eigenvalue weighted by Gasteiger charge is 2.10. The minimum Gasteiger partial charge on any atom is -0.383 e. The molecule has 20 heavy (non-hydrogen) atoms. The number of carbonyl (C=O) groups excluding carboxylic acids is 1. The normalized spacial score (nSPS) is 10.5. The Balaban J connectivity index is 1.83. The van der Waals surface area contributed by atoms with Crippen LogP contribution in [-0.2, 0) is 6.42 Å². The number of amides is 1. The van der Waals surface area contributed by atoms with E-state index in [4.69, 9.17) is 5.73 Å². The van der Waals surface area contributed by atoms with E-state index in [9.17, 15) is 4.79 Å². The maximum Gasteiger partial charge on any atom is 0.255 e. The van der Waals surface area contributed by atoms with Crippen molar-refractivity contribution in [3.8, 4) is 0 Å². The van der Waals surface area contributed by atoms with Crippen molar-refractivity contribution in [3.05, 3.63) is 39.8 Å². The van der Waals surface area contributed by atoms with E-state index in [1.807, 2.05) is 13.1 Å². The number of nitrogens with zero attached hydrogens (tertiary/aromatic N) is 2. The number of hydrogen-bond acceptors (Lipinski definition) is 4. The number of aromatic amines is 1. The van der Waals surface area contributed by atoms with Gasteiger partial charge in [-0.15, -0.1) is 0 Å². The molecule has 0 saturated heterocycles. The van der Waals surface area contributed by atoms with Crippen LogP contribution in [0.5, 0.6) is 0 Å². The van der Waals surface area contributed by atoms with E-state index in [1.165, 1.54) is 5.56 Å². The van der Waals surface area contributed by atoms with Gasteiger partial charge in [-0.25, -0.2) is 4.98 Å². The molecule has 1 amide bonds. The number of anilines is 1. The maximum atomic E-state index is 12.0. The second-order valence-electron chi connectivity index (χ2n) is 4.47. The zero-order valence-electron chi connectivity index (χ0n) is 11.1. The van der Waals surface area contributed by atoms with Gasteiger partial charge in [0.25, 0.3) is 5.91 Å². The van der Waals surface area contributed by atoms with Crippen molar-refractivity contribution in [2.24, 2.45) is 0 Å². The van der Waals surface area contributed by atoms with Gasteiger partial charge in [-0.3, -0.25) is 9.89 Å². The van der Waals surface area contributed by atoms with Gasteiger partial charge in [0, 0.05) is 22.9 Å². The number of hydrogen-bond donors (Lipinski definition) is 3. The Morgan fingerprint density at radius 3 is 3.00 bits per heavy atom. The van der Waals surface area contributed by atoms with E-state index in [0.29, 0.717) is 12.1 Å². The molecular formula is C13H16BrN5O. The summed E-state index contributed by atoms with van der Waals surface area (Å²) in [7, 11) is 0. The molecule has 2 aromatic rings. The number of aryl methyl sites for hydroxylation is 2. The van der Waals surface area contributed by atoms with E-state index in [0.717, 1.165) is 23.0 Å². The molecule has 0 aliphatic heterocycles. The highest BCUT2D eigenvalue weighted by atomic mass is 79.9. The summed E-state index contributed by atoms with van der Waals surface area (Å²) in [5.74, 6) is 0.0246. The van der Waals surface area contributed by atoms with Crippen molar-refractivity contribution in [1.29, 1.82) is 0 Å². The Bertz CT molecular complexity index is 611.